The number of aromatic hydroxyl groups is 2. The molecule has 5 N–H and O–H groups in total. The summed E-state index contributed by atoms with van der Waals surface area (Å²) in [5.41, 5.74) is 6.61. The van der Waals surface area contributed by atoms with Crippen molar-refractivity contribution < 1.29 is 19.8 Å². The highest BCUT2D eigenvalue weighted by Gasteiger charge is 2.38. The van der Waals surface area contributed by atoms with E-state index >= 15 is 0 Å². The number of anilines is 1. The van der Waals surface area contributed by atoms with E-state index in [2.05, 4.69) is 15.5 Å². The van der Waals surface area contributed by atoms with Gasteiger partial charge >= 0.3 is 0 Å². The molecule has 3 aromatic rings. The molecular formula is C19H18N4O4. The largest absolute Gasteiger partial charge is 0.492 e. The molecule has 0 saturated heterocycles. The van der Waals surface area contributed by atoms with Gasteiger partial charge in [-0.25, -0.2) is 0 Å². The van der Waals surface area contributed by atoms with Crippen LogP contribution in [0.25, 0.3) is 10.8 Å². The van der Waals surface area contributed by atoms with Crippen LogP contribution in [0.3, 0.4) is 0 Å². The molecule has 8 nitrogen and oxygen atoms in total. The van der Waals surface area contributed by atoms with Gasteiger partial charge in [-0.3, -0.25) is 9.59 Å². The number of hydrogen-bond acceptors (Lipinski definition) is 6. The third kappa shape index (κ3) is 3.24. The van der Waals surface area contributed by atoms with Crippen molar-refractivity contribution in [3.05, 3.63) is 53.6 Å². The van der Waals surface area contributed by atoms with E-state index < -0.39 is 11.3 Å². The second-order valence-corrected chi connectivity index (χ2v) is 6.60. The molecule has 4 rings (SSSR count). The minimum Gasteiger partial charge on any atom is -0.492 e. The van der Waals surface area contributed by atoms with Crippen LogP contribution in [0.5, 0.6) is 11.8 Å². The molecule has 0 aliphatic carbocycles. The quantitative estimate of drug-likeness (QED) is 0.520. The maximum atomic E-state index is 11.6. The summed E-state index contributed by atoms with van der Waals surface area (Å²) < 4.78 is 0. The molecule has 0 atom stereocenters. The third-order valence-corrected chi connectivity index (χ3v) is 4.44. The van der Waals surface area contributed by atoms with Crippen molar-refractivity contribution in [3.8, 4) is 11.8 Å². The molecule has 2 aromatic carbocycles. The summed E-state index contributed by atoms with van der Waals surface area (Å²) in [7, 11) is 0. The van der Waals surface area contributed by atoms with Crippen LogP contribution >= 0.6 is 0 Å². The lowest BCUT2D eigenvalue weighted by atomic mass is 9.86. The summed E-state index contributed by atoms with van der Waals surface area (Å²) in [5, 5.41) is 28.9. The van der Waals surface area contributed by atoms with Crippen molar-refractivity contribution in [2.45, 2.75) is 19.3 Å². The van der Waals surface area contributed by atoms with Gasteiger partial charge in [-0.1, -0.05) is 18.2 Å². The Kier molecular flexibility index (Phi) is 4.40. The van der Waals surface area contributed by atoms with Gasteiger partial charge in [0.25, 0.3) is 0 Å². The number of benzene rings is 2. The molecule has 0 spiro atoms. The van der Waals surface area contributed by atoms with Crippen LogP contribution in [-0.2, 0) is 10.2 Å². The maximum absolute atomic E-state index is 11.6. The average molecular weight is 366 g/mol. The number of nitrogens with one attached hydrogen (secondary N) is 1. The summed E-state index contributed by atoms with van der Waals surface area (Å²) in [6, 6.07) is 11.9. The molecule has 27 heavy (non-hydrogen) atoms. The van der Waals surface area contributed by atoms with Crippen LogP contribution in [-0.4, -0.2) is 32.2 Å². The van der Waals surface area contributed by atoms with E-state index in [1.165, 1.54) is 0 Å². The first kappa shape index (κ1) is 18.1. The first-order valence-corrected chi connectivity index (χ1v) is 8.11. The number of amides is 2. The second-order valence-electron chi connectivity index (χ2n) is 6.60. The highest BCUT2D eigenvalue weighted by atomic mass is 16.3. The number of primary amides is 1. The topological polar surface area (TPSA) is 138 Å². The highest BCUT2D eigenvalue weighted by Crippen LogP contribution is 2.37. The Morgan fingerprint density at radius 2 is 1.59 bits per heavy atom. The molecule has 138 valence electrons. The summed E-state index contributed by atoms with van der Waals surface area (Å²) in [4.78, 5) is 22.6. The third-order valence-electron chi connectivity index (χ3n) is 4.44. The first-order chi connectivity index (χ1) is 12.7. The Labute approximate surface area is 154 Å². The summed E-state index contributed by atoms with van der Waals surface area (Å²) in [5.74, 6) is -0.873. The van der Waals surface area contributed by atoms with Crippen LogP contribution in [0.15, 0.2) is 42.5 Å². The van der Waals surface area contributed by atoms with Gasteiger partial charge in [0, 0.05) is 11.3 Å². The van der Waals surface area contributed by atoms with E-state index in [9.17, 15) is 19.8 Å². The van der Waals surface area contributed by atoms with E-state index in [0.29, 0.717) is 22.0 Å². The van der Waals surface area contributed by atoms with Crippen molar-refractivity contribution in [1.82, 2.24) is 10.2 Å². The van der Waals surface area contributed by atoms with E-state index in [4.69, 9.17) is 5.73 Å². The lowest BCUT2D eigenvalue weighted by Crippen LogP contribution is -2.26. The Morgan fingerprint density at radius 3 is 2.11 bits per heavy atom. The smallest absolute Gasteiger partial charge is 0.248 e. The van der Waals surface area contributed by atoms with Crippen molar-refractivity contribution in [2.75, 3.05) is 5.32 Å². The average Bonchev–Trinajstić information content (AvgIpc) is 2.87. The number of nitrogens with two attached hydrogens (primary N) is 1. The van der Waals surface area contributed by atoms with Gasteiger partial charge in [0.15, 0.2) is 0 Å². The van der Waals surface area contributed by atoms with Gasteiger partial charge in [0.05, 0.1) is 16.2 Å². The Morgan fingerprint density at radius 1 is 1.04 bits per heavy atom. The van der Waals surface area contributed by atoms with Gasteiger partial charge in [0.1, 0.15) is 0 Å². The Bertz CT molecular complexity index is 1020. The summed E-state index contributed by atoms with van der Waals surface area (Å²) >= 11 is 0. The monoisotopic (exact) mass is 366 g/mol. The molecule has 2 amide bonds. The lowest BCUT2D eigenvalue weighted by molar-refractivity contribution is -0.119. The van der Waals surface area contributed by atoms with Crippen LogP contribution in [0.4, 0.5) is 5.69 Å². The first-order valence-electron chi connectivity index (χ1n) is 8.11. The molecule has 1 aromatic heterocycles. The van der Waals surface area contributed by atoms with E-state index in [-0.39, 0.29) is 17.7 Å². The molecule has 0 unspecified atom stereocenters. The van der Waals surface area contributed by atoms with Crippen LogP contribution in [0.1, 0.15) is 29.8 Å². The lowest BCUT2D eigenvalue weighted by Gasteiger charge is -2.14. The van der Waals surface area contributed by atoms with Gasteiger partial charge in [-0.05, 0) is 43.7 Å². The Hall–Kier alpha value is -3.68. The number of hydrogen-bond donors (Lipinski definition) is 4. The predicted octanol–water partition coefficient (Wildman–Crippen LogP) is 2.06. The fourth-order valence-electron chi connectivity index (χ4n) is 2.82. The van der Waals surface area contributed by atoms with E-state index in [1.807, 2.05) is 13.8 Å². The second kappa shape index (κ2) is 6.56. The minimum atomic E-state index is -0.536. The van der Waals surface area contributed by atoms with E-state index in [1.54, 1.807) is 42.5 Å². The summed E-state index contributed by atoms with van der Waals surface area (Å²) in [6.45, 7) is 3.69. The van der Waals surface area contributed by atoms with Crippen LogP contribution < -0.4 is 11.1 Å². The fraction of sp³-hybridized carbons (Fsp3) is 0.158. The zero-order valence-electron chi connectivity index (χ0n) is 14.7. The fourth-order valence-corrected chi connectivity index (χ4v) is 2.82. The maximum Gasteiger partial charge on any atom is 0.248 e. The number of fused-ring (bicyclic) bond motifs is 2. The van der Waals surface area contributed by atoms with Crippen molar-refractivity contribution in [2.24, 2.45) is 5.73 Å². The van der Waals surface area contributed by atoms with Gasteiger partial charge in [-0.15, -0.1) is 10.2 Å². The molecule has 0 fully saturated rings. The van der Waals surface area contributed by atoms with Crippen LogP contribution in [0, 0.1) is 0 Å². The number of carbonyl (C=O) groups is 2. The minimum absolute atomic E-state index is 0.0564. The number of carbonyl (C=O) groups excluding carboxylic acids is 2. The molecule has 1 aliphatic rings. The zero-order valence-corrected chi connectivity index (χ0v) is 14.7. The van der Waals surface area contributed by atoms with Gasteiger partial charge in [0.2, 0.25) is 23.6 Å². The molecular weight excluding hydrogens is 348 g/mol. The van der Waals surface area contributed by atoms with Crippen LogP contribution in [0.2, 0.25) is 0 Å². The molecule has 8 heteroatoms. The predicted molar refractivity (Wildman–Crippen MR) is 99.5 cm³/mol. The number of aromatic nitrogens is 2. The molecule has 1 aliphatic heterocycles. The van der Waals surface area contributed by atoms with E-state index in [0.717, 1.165) is 5.56 Å². The summed E-state index contributed by atoms with van der Waals surface area (Å²) in [6.07, 6.45) is 0. The SMILES string of the molecule is CC1(C)C(=O)Nc2cc(C(N)=O)ccc21.Oc1nnc(O)c2ccccc12. The molecule has 0 saturated carbocycles. The molecule has 0 bridgehead atoms. The number of rotatable bonds is 1. The highest BCUT2D eigenvalue weighted by molar-refractivity contribution is 6.07. The van der Waals surface area contributed by atoms with Crippen molar-refractivity contribution >= 4 is 28.3 Å². The van der Waals surface area contributed by atoms with Gasteiger partial charge < -0.3 is 21.3 Å². The normalized spacial score (nSPS) is 14.1. The Balaban J connectivity index is 0.000000159. The zero-order chi connectivity index (χ0) is 19.8. The van der Waals surface area contributed by atoms with Crippen molar-refractivity contribution in [1.29, 1.82) is 0 Å². The number of nitrogens with zero attached hydrogens (tertiary/aromatic N) is 2. The molecule has 2 heterocycles. The molecule has 0 radical (unpaired) electrons. The van der Waals surface area contributed by atoms with Gasteiger partial charge in [-0.2, -0.15) is 0 Å². The standard InChI is InChI=1S/C11H12N2O2.C8H6N2O2/c1-11(2)7-4-3-6(9(12)14)5-8(7)13-10(11)15;11-7-5-3-1-2-4-6(5)8(12)10-9-7/h3-5H,1-2H3,(H2,12,14)(H,13,15);1-4H,(H,9,11)(H,10,12). The van der Waals surface area contributed by atoms with Crippen molar-refractivity contribution in [3.63, 3.8) is 0 Å².